The number of hydrogen-bond donors (Lipinski definition) is 0. The molecule has 0 atom stereocenters. The summed E-state index contributed by atoms with van der Waals surface area (Å²) < 4.78 is 22.1. The van der Waals surface area contributed by atoms with Crippen molar-refractivity contribution in [3.8, 4) is 0 Å². The second kappa shape index (κ2) is 5.70. The molecule has 0 spiro atoms. The van der Waals surface area contributed by atoms with Crippen LogP contribution in [-0.4, -0.2) is 40.7 Å². The molecule has 0 amide bonds. The van der Waals surface area contributed by atoms with Gasteiger partial charge in [0.2, 0.25) is 0 Å². The molecule has 0 radical (unpaired) electrons. The predicted octanol–water partition coefficient (Wildman–Crippen LogP) is 0.861. The molecule has 2 rings (SSSR count). The molecule has 6 heteroatoms. The Kier molecular flexibility index (Phi) is 4.26. The maximum absolute atomic E-state index is 5.53. The Morgan fingerprint density at radius 1 is 0.867 bits per heavy atom. The van der Waals surface area contributed by atoms with E-state index in [9.17, 15) is 0 Å². The van der Waals surface area contributed by atoms with Crippen LogP contribution in [0.15, 0.2) is 11.4 Å². The second-order valence-electron chi connectivity index (χ2n) is 3.64. The van der Waals surface area contributed by atoms with E-state index in [1.165, 1.54) is 0 Å². The predicted molar refractivity (Wildman–Crippen MR) is 58.3 cm³/mol. The first kappa shape index (κ1) is 11.2. The molecular formula is C9H16B2O4. The third kappa shape index (κ3) is 2.84. The van der Waals surface area contributed by atoms with Crippen LogP contribution in [0.5, 0.6) is 0 Å². The molecule has 0 bridgehead atoms. The lowest BCUT2D eigenvalue weighted by Crippen LogP contribution is -2.43. The van der Waals surface area contributed by atoms with Crippen LogP contribution < -0.4 is 0 Å². The zero-order chi connectivity index (χ0) is 10.5. The maximum atomic E-state index is 5.53. The first-order chi connectivity index (χ1) is 7.42. The number of hydrogen-bond acceptors (Lipinski definition) is 4. The molecule has 2 saturated heterocycles. The van der Waals surface area contributed by atoms with Gasteiger partial charge in [-0.15, -0.1) is 0 Å². The van der Waals surface area contributed by atoms with E-state index in [0.29, 0.717) is 0 Å². The average Bonchev–Trinajstić information content (AvgIpc) is 2.33. The van der Waals surface area contributed by atoms with Gasteiger partial charge in [0.05, 0.1) is 0 Å². The highest BCUT2D eigenvalue weighted by Gasteiger charge is 2.38. The van der Waals surface area contributed by atoms with E-state index in [4.69, 9.17) is 18.6 Å². The molecule has 2 aliphatic heterocycles. The Morgan fingerprint density at radius 3 is 1.60 bits per heavy atom. The van der Waals surface area contributed by atoms with Crippen molar-refractivity contribution in [2.45, 2.75) is 19.8 Å². The van der Waals surface area contributed by atoms with Crippen LogP contribution in [0, 0.1) is 0 Å². The normalized spacial score (nSPS) is 22.7. The molecule has 0 aromatic rings. The third-order valence-electron chi connectivity index (χ3n) is 2.53. The van der Waals surface area contributed by atoms with Crippen LogP contribution >= 0.6 is 0 Å². The highest BCUT2D eigenvalue weighted by molar-refractivity contribution is 6.77. The van der Waals surface area contributed by atoms with Crippen LogP contribution in [0.1, 0.15) is 19.8 Å². The zero-order valence-corrected chi connectivity index (χ0v) is 9.11. The fraction of sp³-hybridized carbons (Fsp3) is 0.778. The number of rotatable bonds is 2. The SMILES string of the molecule is CC=C(B1OCCCO1)B1OCCCO1. The Morgan fingerprint density at radius 2 is 1.27 bits per heavy atom. The van der Waals surface area contributed by atoms with E-state index in [1.54, 1.807) is 0 Å². The fourth-order valence-corrected chi connectivity index (χ4v) is 1.74. The fourth-order valence-electron chi connectivity index (χ4n) is 1.74. The van der Waals surface area contributed by atoms with Crippen LogP contribution in [0.4, 0.5) is 0 Å². The first-order valence-corrected chi connectivity index (χ1v) is 5.54. The van der Waals surface area contributed by atoms with E-state index in [-0.39, 0.29) is 14.2 Å². The molecule has 0 aromatic carbocycles. The molecule has 15 heavy (non-hydrogen) atoms. The summed E-state index contributed by atoms with van der Waals surface area (Å²) in [5.74, 6) is 0. The monoisotopic (exact) mass is 210 g/mol. The summed E-state index contributed by atoms with van der Waals surface area (Å²) in [7, 11) is -0.571. The molecule has 2 fully saturated rings. The van der Waals surface area contributed by atoms with Gasteiger partial charge in [0, 0.05) is 26.4 Å². The van der Waals surface area contributed by atoms with E-state index in [2.05, 4.69) is 0 Å². The lowest BCUT2D eigenvalue weighted by Gasteiger charge is -2.27. The summed E-state index contributed by atoms with van der Waals surface area (Å²) >= 11 is 0. The van der Waals surface area contributed by atoms with Crippen LogP contribution in [-0.2, 0) is 18.6 Å². The highest BCUT2D eigenvalue weighted by Crippen LogP contribution is 2.17. The molecule has 0 saturated carbocycles. The number of allylic oxidation sites excluding steroid dienone is 1. The van der Waals surface area contributed by atoms with Gasteiger partial charge in [0.15, 0.2) is 0 Å². The molecule has 82 valence electrons. The van der Waals surface area contributed by atoms with E-state index in [1.807, 2.05) is 13.0 Å². The quantitative estimate of drug-likeness (QED) is 0.633. The molecule has 4 nitrogen and oxygen atoms in total. The summed E-state index contributed by atoms with van der Waals surface area (Å²) in [6.07, 6.45) is 3.88. The van der Waals surface area contributed by atoms with Crippen molar-refractivity contribution >= 4 is 14.2 Å². The Labute approximate surface area is 91.2 Å². The van der Waals surface area contributed by atoms with Gasteiger partial charge in [-0.1, -0.05) is 6.08 Å². The maximum Gasteiger partial charge on any atom is 0.485 e. The molecule has 2 heterocycles. The van der Waals surface area contributed by atoms with E-state index < -0.39 is 0 Å². The summed E-state index contributed by atoms with van der Waals surface area (Å²) in [6, 6.07) is 0. The van der Waals surface area contributed by atoms with Crippen LogP contribution in [0.2, 0.25) is 0 Å². The summed E-state index contributed by atoms with van der Waals surface area (Å²) in [5, 5.41) is 0.953. The molecule has 0 unspecified atom stereocenters. The van der Waals surface area contributed by atoms with Crippen molar-refractivity contribution in [3.05, 3.63) is 11.4 Å². The second-order valence-corrected chi connectivity index (χ2v) is 3.64. The minimum Gasteiger partial charge on any atom is -0.408 e. The van der Waals surface area contributed by atoms with Crippen molar-refractivity contribution in [3.63, 3.8) is 0 Å². The highest BCUT2D eigenvalue weighted by atomic mass is 16.6. The summed E-state index contributed by atoms with van der Waals surface area (Å²) in [6.45, 7) is 4.94. The van der Waals surface area contributed by atoms with E-state index in [0.717, 1.165) is 44.6 Å². The third-order valence-corrected chi connectivity index (χ3v) is 2.53. The minimum atomic E-state index is -0.285. The summed E-state index contributed by atoms with van der Waals surface area (Å²) in [5.41, 5.74) is 0. The topological polar surface area (TPSA) is 36.9 Å². The first-order valence-electron chi connectivity index (χ1n) is 5.54. The van der Waals surface area contributed by atoms with Gasteiger partial charge >= 0.3 is 14.2 Å². The smallest absolute Gasteiger partial charge is 0.408 e. The average molecular weight is 210 g/mol. The Bertz CT molecular complexity index is 202. The van der Waals surface area contributed by atoms with Crippen molar-refractivity contribution in [1.82, 2.24) is 0 Å². The minimum absolute atomic E-state index is 0.285. The Balaban J connectivity index is 1.95. The van der Waals surface area contributed by atoms with Crippen LogP contribution in [0.3, 0.4) is 0 Å². The molecule has 2 aliphatic rings. The largest absolute Gasteiger partial charge is 0.485 e. The standard InChI is InChI=1S/C9H16B2O4/c1-2-9(10-12-5-3-6-13-10)11-14-7-4-8-15-11/h2H,3-8H2,1H3. The molecular weight excluding hydrogens is 194 g/mol. The lowest BCUT2D eigenvalue weighted by atomic mass is 9.56. The van der Waals surface area contributed by atoms with Gasteiger partial charge in [-0.3, -0.25) is 0 Å². The van der Waals surface area contributed by atoms with Gasteiger partial charge < -0.3 is 18.6 Å². The van der Waals surface area contributed by atoms with Crippen molar-refractivity contribution < 1.29 is 18.6 Å². The molecule has 0 N–H and O–H groups in total. The van der Waals surface area contributed by atoms with Crippen molar-refractivity contribution in [2.24, 2.45) is 0 Å². The molecule has 0 aromatic heterocycles. The van der Waals surface area contributed by atoms with Crippen LogP contribution in [0.25, 0.3) is 0 Å². The Hall–Kier alpha value is -0.290. The van der Waals surface area contributed by atoms with Gasteiger partial charge in [-0.05, 0) is 25.1 Å². The zero-order valence-electron chi connectivity index (χ0n) is 9.11. The van der Waals surface area contributed by atoms with Crippen molar-refractivity contribution in [2.75, 3.05) is 26.4 Å². The van der Waals surface area contributed by atoms with E-state index >= 15 is 0 Å². The van der Waals surface area contributed by atoms with Gasteiger partial charge in [-0.25, -0.2) is 0 Å². The van der Waals surface area contributed by atoms with Gasteiger partial charge in [0.1, 0.15) is 0 Å². The van der Waals surface area contributed by atoms with Gasteiger partial charge in [-0.2, -0.15) is 0 Å². The van der Waals surface area contributed by atoms with Gasteiger partial charge in [0.25, 0.3) is 0 Å². The molecule has 0 aliphatic carbocycles. The summed E-state index contributed by atoms with van der Waals surface area (Å²) in [4.78, 5) is 0. The lowest BCUT2D eigenvalue weighted by molar-refractivity contribution is 0.127. The van der Waals surface area contributed by atoms with Crippen molar-refractivity contribution in [1.29, 1.82) is 0 Å².